The van der Waals surface area contributed by atoms with Gasteiger partial charge in [-0.25, -0.2) is 9.59 Å². The van der Waals surface area contributed by atoms with Crippen LogP contribution in [0.25, 0.3) is 0 Å². The zero-order chi connectivity index (χ0) is 8.43. The highest BCUT2D eigenvalue weighted by Gasteiger charge is 2.09. The molecule has 0 saturated carbocycles. The van der Waals surface area contributed by atoms with Crippen molar-refractivity contribution in [3.63, 3.8) is 0 Å². The summed E-state index contributed by atoms with van der Waals surface area (Å²) in [6.45, 7) is 0. The summed E-state index contributed by atoms with van der Waals surface area (Å²) in [4.78, 5) is 22.6. The van der Waals surface area contributed by atoms with Gasteiger partial charge in [0, 0.05) is 0 Å². The van der Waals surface area contributed by atoms with E-state index in [0.717, 1.165) is 0 Å². The van der Waals surface area contributed by atoms with Gasteiger partial charge in [0.15, 0.2) is 0 Å². The summed E-state index contributed by atoms with van der Waals surface area (Å²) in [6, 6.07) is 2.40. The summed E-state index contributed by atoms with van der Waals surface area (Å²) in [5.41, 5.74) is -0.246. The summed E-state index contributed by atoms with van der Waals surface area (Å²) in [7, 11) is 0. The highest BCUT2D eigenvalue weighted by Crippen LogP contribution is 2.00. The SMILES string of the molecule is O=C(O)c1ccc(C(=O)O)[nH]1. The molecule has 0 radical (unpaired) electrons. The van der Waals surface area contributed by atoms with Crippen LogP contribution in [-0.2, 0) is 0 Å². The van der Waals surface area contributed by atoms with Crippen LogP contribution in [0.2, 0.25) is 0 Å². The van der Waals surface area contributed by atoms with Crippen LogP contribution in [0, 0.1) is 0 Å². The number of carboxylic acids is 2. The van der Waals surface area contributed by atoms with Crippen molar-refractivity contribution in [1.82, 2.24) is 4.98 Å². The van der Waals surface area contributed by atoms with Gasteiger partial charge in [0.2, 0.25) is 0 Å². The van der Waals surface area contributed by atoms with Gasteiger partial charge < -0.3 is 15.2 Å². The highest BCUT2D eigenvalue weighted by atomic mass is 16.4. The van der Waals surface area contributed by atoms with E-state index in [4.69, 9.17) is 10.2 Å². The number of nitrogens with one attached hydrogen (secondary N) is 1. The van der Waals surface area contributed by atoms with Crippen LogP contribution in [0.5, 0.6) is 0 Å². The van der Waals surface area contributed by atoms with Crippen molar-refractivity contribution in [3.8, 4) is 0 Å². The summed E-state index contributed by atoms with van der Waals surface area (Å²) in [5.74, 6) is -2.34. The first kappa shape index (κ1) is 7.33. The van der Waals surface area contributed by atoms with Crippen LogP contribution in [0.15, 0.2) is 12.1 Å². The van der Waals surface area contributed by atoms with Crippen LogP contribution in [0.1, 0.15) is 21.0 Å². The molecule has 0 aliphatic carbocycles. The van der Waals surface area contributed by atoms with Gasteiger partial charge in [-0.1, -0.05) is 0 Å². The number of aromatic nitrogens is 1. The molecule has 11 heavy (non-hydrogen) atoms. The van der Waals surface area contributed by atoms with Crippen molar-refractivity contribution in [2.75, 3.05) is 0 Å². The maximum atomic E-state index is 10.2. The Balaban J connectivity index is 2.99. The number of H-pyrrole nitrogens is 1. The van der Waals surface area contributed by atoms with Gasteiger partial charge in [0.25, 0.3) is 0 Å². The maximum absolute atomic E-state index is 10.2. The predicted octanol–water partition coefficient (Wildman–Crippen LogP) is 0.411. The van der Waals surface area contributed by atoms with Crippen molar-refractivity contribution in [2.24, 2.45) is 0 Å². The molecular weight excluding hydrogens is 150 g/mol. The second-order valence-electron chi connectivity index (χ2n) is 1.90. The molecule has 0 saturated heterocycles. The van der Waals surface area contributed by atoms with E-state index in [1.54, 1.807) is 0 Å². The molecule has 0 aliphatic rings. The fraction of sp³-hybridized carbons (Fsp3) is 0. The van der Waals surface area contributed by atoms with Crippen molar-refractivity contribution in [2.45, 2.75) is 0 Å². The molecule has 1 heterocycles. The third-order valence-electron chi connectivity index (χ3n) is 1.15. The minimum Gasteiger partial charge on any atom is -0.477 e. The van der Waals surface area contributed by atoms with Crippen LogP contribution in [0.4, 0.5) is 0 Å². The topological polar surface area (TPSA) is 90.4 Å². The van der Waals surface area contributed by atoms with Crippen LogP contribution in [-0.4, -0.2) is 27.1 Å². The first-order chi connectivity index (χ1) is 5.11. The quantitative estimate of drug-likeness (QED) is 0.576. The van der Waals surface area contributed by atoms with Gasteiger partial charge in [0.05, 0.1) is 0 Å². The predicted molar refractivity (Wildman–Crippen MR) is 34.7 cm³/mol. The first-order valence-electron chi connectivity index (χ1n) is 2.77. The Hall–Kier alpha value is -1.78. The summed E-state index contributed by atoms with van der Waals surface area (Å²) < 4.78 is 0. The third kappa shape index (κ3) is 1.37. The molecule has 58 valence electrons. The number of rotatable bonds is 2. The molecule has 0 unspecified atom stereocenters. The molecule has 0 spiro atoms. The molecular formula is C6H5NO4. The largest absolute Gasteiger partial charge is 0.477 e. The Kier molecular flexibility index (Phi) is 1.63. The van der Waals surface area contributed by atoms with Crippen molar-refractivity contribution in [1.29, 1.82) is 0 Å². The zero-order valence-corrected chi connectivity index (χ0v) is 5.37. The molecule has 0 aliphatic heterocycles. The van der Waals surface area contributed by atoms with Gasteiger partial charge in [0.1, 0.15) is 11.4 Å². The number of carbonyl (C=O) groups is 2. The van der Waals surface area contributed by atoms with E-state index >= 15 is 0 Å². The second kappa shape index (κ2) is 2.45. The number of hydrogen-bond donors (Lipinski definition) is 3. The van der Waals surface area contributed by atoms with Gasteiger partial charge in [-0.15, -0.1) is 0 Å². The number of aromatic carboxylic acids is 2. The van der Waals surface area contributed by atoms with Crippen LogP contribution in [0.3, 0.4) is 0 Å². The summed E-state index contributed by atoms with van der Waals surface area (Å²) >= 11 is 0. The van der Waals surface area contributed by atoms with Crippen LogP contribution < -0.4 is 0 Å². The van der Waals surface area contributed by atoms with Crippen LogP contribution >= 0.6 is 0 Å². The van der Waals surface area contributed by atoms with Gasteiger partial charge >= 0.3 is 11.9 Å². The molecule has 0 fully saturated rings. The molecule has 1 aromatic rings. The molecule has 5 heteroatoms. The number of aromatic amines is 1. The number of hydrogen-bond acceptors (Lipinski definition) is 2. The lowest BCUT2D eigenvalue weighted by molar-refractivity contribution is 0.0689. The molecule has 0 amide bonds. The standard InChI is InChI=1S/C6H5NO4/c8-5(9)3-1-2-4(7-3)6(10)11/h1-2,7H,(H,8,9)(H,10,11). The molecule has 0 atom stereocenters. The highest BCUT2D eigenvalue weighted by molar-refractivity contribution is 5.90. The average Bonchev–Trinajstić information content (AvgIpc) is 2.33. The third-order valence-corrected chi connectivity index (χ3v) is 1.15. The van der Waals surface area contributed by atoms with E-state index in [0.29, 0.717) is 0 Å². The zero-order valence-electron chi connectivity index (χ0n) is 5.37. The molecule has 3 N–H and O–H groups in total. The minimum atomic E-state index is -1.17. The fourth-order valence-corrected chi connectivity index (χ4v) is 0.645. The molecule has 0 bridgehead atoms. The van der Waals surface area contributed by atoms with Crippen molar-refractivity contribution >= 4 is 11.9 Å². The Morgan fingerprint density at radius 2 is 1.45 bits per heavy atom. The summed E-state index contributed by atoms with van der Waals surface area (Å²) in [6.07, 6.45) is 0. The Morgan fingerprint density at radius 1 is 1.09 bits per heavy atom. The molecule has 5 nitrogen and oxygen atoms in total. The lowest BCUT2D eigenvalue weighted by atomic mass is 10.4. The average molecular weight is 155 g/mol. The first-order valence-corrected chi connectivity index (χ1v) is 2.77. The smallest absolute Gasteiger partial charge is 0.352 e. The van der Waals surface area contributed by atoms with E-state index in [1.807, 2.05) is 0 Å². The molecule has 0 aromatic carbocycles. The van der Waals surface area contributed by atoms with Crippen molar-refractivity contribution < 1.29 is 19.8 Å². The van der Waals surface area contributed by atoms with Gasteiger partial charge in [-0.3, -0.25) is 0 Å². The van der Waals surface area contributed by atoms with E-state index in [9.17, 15) is 9.59 Å². The Labute approximate surface area is 61.3 Å². The monoisotopic (exact) mass is 155 g/mol. The molecule has 1 aromatic heterocycles. The fourth-order valence-electron chi connectivity index (χ4n) is 0.645. The van der Waals surface area contributed by atoms with Crippen molar-refractivity contribution in [3.05, 3.63) is 23.5 Å². The number of carboxylic acid groups (broad SMARTS) is 2. The van der Waals surface area contributed by atoms with E-state index in [1.165, 1.54) is 12.1 Å². The minimum absolute atomic E-state index is 0.123. The second-order valence-corrected chi connectivity index (χ2v) is 1.90. The van der Waals surface area contributed by atoms with Gasteiger partial charge in [-0.05, 0) is 12.1 Å². The van der Waals surface area contributed by atoms with E-state index < -0.39 is 11.9 Å². The normalized spacial score (nSPS) is 9.45. The Bertz CT molecular complexity index is 273. The lowest BCUT2D eigenvalue weighted by Crippen LogP contribution is -2.00. The van der Waals surface area contributed by atoms with Gasteiger partial charge in [-0.2, -0.15) is 0 Å². The van der Waals surface area contributed by atoms with E-state index in [-0.39, 0.29) is 11.4 Å². The Morgan fingerprint density at radius 3 is 1.64 bits per heavy atom. The summed E-state index contributed by atoms with van der Waals surface area (Å²) in [5, 5.41) is 16.7. The maximum Gasteiger partial charge on any atom is 0.352 e. The lowest BCUT2D eigenvalue weighted by Gasteiger charge is -1.86. The molecule has 1 rings (SSSR count). The van der Waals surface area contributed by atoms with E-state index in [2.05, 4.69) is 4.98 Å².